The van der Waals surface area contributed by atoms with Crippen molar-refractivity contribution in [2.45, 2.75) is 6.54 Å². The third-order valence-electron chi connectivity index (χ3n) is 4.98. The number of aromatic nitrogens is 2. The Morgan fingerprint density at radius 1 is 1.03 bits per heavy atom. The van der Waals surface area contributed by atoms with Gasteiger partial charge in [-0.05, 0) is 35.4 Å². The second-order valence-corrected chi connectivity index (χ2v) is 7.62. The van der Waals surface area contributed by atoms with E-state index >= 15 is 0 Å². The predicted octanol–water partition coefficient (Wildman–Crippen LogP) is 3.98. The van der Waals surface area contributed by atoms with Crippen LogP contribution in [-0.4, -0.2) is 36.8 Å². The van der Waals surface area contributed by atoms with Gasteiger partial charge in [0.25, 0.3) is 5.56 Å². The second-order valence-electron chi connectivity index (χ2n) is 6.77. The highest BCUT2D eigenvalue weighted by atomic mass is 32.1. The Balaban J connectivity index is 1.73. The van der Waals surface area contributed by atoms with Gasteiger partial charge in [-0.15, -0.1) is 11.3 Å². The lowest BCUT2D eigenvalue weighted by atomic mass is 10.1. The number of rotatable bonds is 6. The molecule has 0 aliphatic rings. The molecule has 2 heterocycles. The van der Waals surface area contributed by atoms with Crippen molar-refractivity contribution in [3.05, 3.63) is 75.7 Å². The van der Waals surface area contributed by atoms with Crippen molar-refractivity contribution in [2.24, 2.45) is 0 Å². The number of esters is 1. The number of carbonyl (C=O) groups is 1. The Bertz CT molecular complexity index is 1310. The fourth-order valence-electron chi connectivity index (χ4n) is 3.36. The highest BCUT2D eigenvalue weighted by Crippen LogP contribution is 2.36. The average molecular weight is 436 g/mol. The molecule has 7 nitrogen and oxygen atoms in total. The van der Waals surface area contributed by atoms with Gasteiger partial charge in [-0.25, -0.2) is 9.78 Å². The van der Waals surface area contributed by atoms with Crippen LogP contribution >= 0.6 is 11.3 Å². The van der Waals surface area contributed by atoms with Crippen molar-refractivity contribution in [2.75, 3.05) is 21.3 Å². The Morgan fingerprint density at radius 2 is 1.77 bits per heavy atom. The van der Waals surface area contributed by atoms with Gasteiger partial charge < -0.3 is 14.2 Å². The van der Waals surface area contributed by atoms with Gasteiger partial charge in [0.15, 0.2) is 11.5 Å². The molecule has 8 heteroatoms. The number of nitrogens with zero attached hydrogens (tertiary/aromatic N) is 2. The molecule has 0 atom stereocenters. The Labute approximate surface area is 182 Å². The van der Waals surface area contributed by atoms with Crippen LogP contribution in [0.5, 0.6) is 11.5 Å². The maximum atomic E-state index is 13.3. The van der Waals surface area contributed by atoms with Gasteiger partial charge in [0, 0.05) is 10.9 Å². The van der Waals surface area contributed by atoms with Gasteiger partial charge >= 0.3 is 5.97 Å². The van der Waals surface area contributed by atoms with Crippen molar-refractivity contribution < 1.29 is 19.0 Å². The number of ether oxygens (including phenoxy) is 3. The van der Waals surface area contributed by atoms with Crippen LogP contribution < -0.4 is 15.0 Å². The van der Waals surface area contributed by atoms with E-state index in [1.165, 1.54) is 18.4 Å². The molecule has 0 unspecified atom stereocenters. The molecule has 4 aromatic rings. The quantitative estimate of drug-likeness (QED) is 0.426. The first-order valence-electron chi connectivity index (χ1n) is 9.42. The van der Waals surface area contributed by atoms with Gasteiger partial charge in [-0.1, -0.05) is 18.2 Å². The van der Waals surface area contributed by atoms with Crippen LogP contribution in [0.2, 0.25) is 0 Å². The van der Waals surface area contributed by atoms with Gasteiger partial charge in [-0.2, -0.15) is 0 Å². The Hall–Kier alpha value is -3.65. The molecule has 31 heavy (non-hydrogen) atoms. The van der Waals surface area contributed by atoms with Crippen molar-refractivity contribution in [3.8, 4) is 22.6 Å². The molecule has 0 radical (unpaired) electrons. The first-order chi connectivity index (χ1) is 15.0. The molecule has 0 bridgehead atoms. The van der Waals surface area contributed by atoms with E-state index < -0.39 is 5.97 Å². The minimum absolute atomic E-state index is 0.131. The van der Waals surface area contributed by atoms with E-state index in [1.54, 1.807) is 49.4 Å². The number of benzene rings is 2. The van der Waals surface area contributed by atoms with E-state index in [4.69, 9.17) is 14.2 Å². The van der Waals surface area contributed by atoms with Gasteiger partial charge in [-0.3, -0.25) is 9.36 Å². The summed E-state index contributed by atoms with van der Waals surface area (Å²) in [6, 6.07) is 12.5. The predicted molar refractivity (Wildman–Crippen MR) is 119 cm³/mol. The molecule has 0 aliphatic heterocycles. The lowest BCUT2D eigenvalue weighted by Crippen LogP contribution is -2.21. The molecule has 0 fully saturated rings. The standard InChI is InChI=1S/C23H20N2O5S/c1-28-18-9-8-16(10-19(18)29-2)17-12-31-21-20(17)22(26)25(13-24-21)11-14-4-6-15(7-5-14)23(27)30-3/h4-10,12-13H,11H2,1-3H3. The summed E-state index contributed by atoms with van der Waals surface area (Å²) in [7, 11) is 4.50. The maximum Gasteiger partial charge on any atom is 0.337 e. The number of carbonyl (C=O) groups excluding carboxylic acids is 1. The zero-order valence-corrected chi connectivity index (χ0v) is 18.1. The first kappa shape index (κ1) is 20.6. The van der Waals surface area contributed by atoms with Crippen molar-refractivity contribution in [1.82, 2.24) is 9.55 Å². The second kappa shape index (κ2) is 8.61. The summed E-state index contributed by atoms with van der Waals surface area (Å²) in [5.41, 5.74) is 2.85. The molecule has 0 saturated carbocycles. The van der Waals surface area contributed by atoms with Gasteiger partial charge in [0.2, 0.25) is 0 Å². The maximum absolute atomic E-state index is 13.3. The monoisotopic (exact) mass is 436 g/mol. The first-order valence-corrected chi connectivity index (χ1v) is 10.3. The molecule has 2 aromatic heterocycles. The highest BCUT2D eigenvalue weighted by molar-refractivity contribution is 7.17. The molecule has 0 amide bonds. The third-order valence-corrected chi connectivity index (χ3v) is 5.87. The van der Waals surface area contributed by atoms with E-state index in [2.05, 4.69) is 4.98 Å². The molecule has 158 valence electrons. The van der Waals surface area contributed by atoms with Crippen LogP contribution in [0.3, 0.4) is 0 Å². The summed E-state index contributed by atoms with van der Waals surface area (Å²) in [5, 5.41) is 2.49. The molecule has 2 aromatic carbocycles. The number of hydrogen-bond acceptors (Lipinski definition) is 7. The molecule has 0 saturated heterocycles. The van der Waals surface area contributed by atoms with Crippen LogP contribution in [0.25, 0.3) is 21.3 Å². The minimum atomic E-state index is -0.398. The average Bonchev–Trinajstić information content (AvgIpc) is 3.25. The lowest BCUT2D eigenvalue weighted by molar-refractivity contribution is 0.0600. The SMILES string of the molecule is COC(=O)c1ccc(Cn2cnc3scc(-c4ccc(OC)c(OC)c4)c3c2=O)cc1. The number of methoxy groups -OCH3 is 3. The zero-order chi connectivity index (χ0) is 22.0. The van der Waals surface area contributed by atoms with Gasteiger partial charge in [0.05, 0.1) is 45.2 Å². The van der Waals surface area contributed by atoms with Crippen molar-refractivity contribution in [1.29, 1.82) is 0 Å². The zero-order valence-electron chi connectivity index (χ0n) is 17.2. The summed E-state index contributed by atoms with van der Waals surface area (Å²) in [5.74, 6) is 0.815. The molecule has 4 rings (SSSR count). The van der Waals surface area contributed by atoms with E-state index in [1.807, 2.05) is 23.6 Å². The molecular weight excluding hydrogens is 416 g/mol. The Morgan fingerprint density at radius 3 is 2.45 bits per heavy atom. The van der Waals surface area contributed by atoms with E-state index in [-0.39, 0.29) is 5.56 Å². The molecular formula is C23H20N2O5S. The van der Waals surface area contributed by atoms with Crippen LogP contribution in [0.15, 0.2) is 59.0 Å². The van der Waals surface area contributed by atoms with E-state index in [9.17, 15) is 9.59 Å². The van der Waals surface area contributed by atoms with Crippen LogP contribution in [0.1, 0.15) is 15.9 Å². The number of hydrogen-bond donors (Lipinski definition) is 0. The van der Waals surface area contributed by atoms with Crippen LogP contribution in [-0.2, 0) is 11.3 Å². The van der Waals surface area contributed by atoms with E-state index in [0.717, 1.165) is 16.7 Å². The fraction of sp³-hybridized carbons (Fsp3) is 0.174. The molecule has 0 spiro atoms. The van der Waals surface area contributed by atoms with Crippen molar-refractivity contribution in [3.63, 3.8) is 0 Å². The largest absolute Gasteiger partial charge is 0.493 e. The summed E-state index contributed by atoms with van der Waals surface area (Å²) in [6.45, 7) is 0.338. The summed E-state index contributed by atoms with van der Waals surface area (Å²) in [6.07, 6.45) is 1.55. The summed E-state index contributed by atoms with van der Waals surface area (Å²) in [4.78, 5) is 30.0. The summed E-state index contributed by atoms with van der Waals surface area (Å²) < 4.78 is 17.0. The lowest BCUT2D eigenvalue weighted by Gasteiger charge is -2.10. The smallest absolute Gasteiger partial charge is 0.337 e. The van der Waals surface area contributed by atoms with Crippen molar-refractivity contribution >= 4 is 27.5 Å². The topological polar surface area (TPSA) is 79.7 Å². The van der Waals surface area contributed by atoms with E-state index in [0.29, 0.717) is 33.8 Å². The number of thiophene rings is 1. The normalized spacial score (nSPS) is 10.8. The number of fused-ring (bicyclic) bond motifs is 1. The fourth-order valence-corrected chi connectivity index (χ4v) is 4.26. The highest BCUT2D eigenvalue weighted by Gasteiger charge is 2.15. The van der Waals surface area contributed by atoms with Crippen LogP contribution in [0, 0.1) is 0 Å². The Kier molecular flexibility index (Phi) is 5.73. The third kappa shape index (κ3) is 3.89. The van der Waals surface area contributed by atoms with Crippen LogP contribution in [0.4, 0.5) is 0 Å². The minimum Gasteiger partial charge on any atom is -0.493 e. The summed E-state index contributed by atoms with van der Waals surface area (Å²) >= 11 is 1.42. The molecule has 0 aliphatic carbocycles. The molecule has 0 N–H and O–H groups in total. The van der Waals surface area contributed by atoms with Gasteiger partial charge in [0.1, 0.15) is 4.83 Å².